The number of fused-ring (bicyclic) bond motifs is 1. The molecule has 1 aromatic heterocycles. The molecule has 0 spiro atoms. The first kappa shape index (κ1) is 21.4. The molecule has 1 amide bonds. The van der Waals surface area contributed by atoms with Gasteiger partial charge in [0.05, 0.1) is 18.1 Å². The number of ether oxygens (including phenoxy) is 1. The van der Waals surface area contributed by atoms with Gasteiger partial charge in [0, 0.05) is 31.7 Å². The summed E-state index contributed by atoms with van der Waals surface area (Å²) in [6.07, 6.45) is 1.20. The fraction of sp³-hybridized carbons (Fsp3) is 0.286. The molecule has 11 heteroatoms. The third-order valence-corrected chi connectivity index (χ3v) is 5.16. The van der Waals surface area contributed by atoms with Gasteiger partial charge >= 0.3 is 5.69 Å². The van der Waals surface area contributed by atoms with Gasteiger partial charge in [-0.15, -0.1) is 0 Å². The van der Waals surface area contributed by atoms with Crippen molar-refractivity contribution in [1.82, 2.24) is 20.3 Å². The van der Waals surface area contributed by atoms with Crippen LogP contribution in [0.15, 0.2) is 48.8 Å². The number of hydrogen-bond acceptors (Lipinski definition) is 9. The summed E-state index contributed by atoms with van der Waals surface area (Å²) in [6.45, 7) is 4.17. The van der Waals surface area contributed by atoms with Crippen molar-refractivity contribution < 1.29 is 14.5 Å². The van der Waals surface area contributed by atoms with E-state index >= 15 is 0 Å². The zero-order chi connectivity index (χ0) is 22.3. The van der Waals surface area contributed by atoms with E-state index in [1.165, 1.54) is 6.33 Å². The van der Waals surface area contributed by atoms with Crippen molar-refractivity contribution in [2.45, 2.75) is 0 Å². The molecule has 1 saturated heterocycles. The summed E-state index contributed by atoms with van der Waals surface area (Å²) in [5.41, 5.74) is 5.18. The van der Waals surface area contributed by atoms with Gasteiger partial charge in [-0.25, -0.2) is 9.97 Å². The van der Waals surface area contributed by atoms with Crippen molar-refractivity contribution in [3.05, 3.63) is 64.5 Å². The fourth-order valence-corrected chi connectivity index (χ4v) is 3.54. The first-order valence-electron chi connectivity index (χ1n) is 10.2. The van der Waals surface area contributed by atoms with Crippen molar-refractivity contribution in [3.63, 3.8) is 0 Å². The predicted octanol–water partition coefficient (Wildman–Crippen LogP) is 2.04. The Bertz CT molecular complexity index is 1110. The maximum Gasteiger partial charge on any atom is 0.354 e. The van der Waals surface area contributed by atoms with E-state index in [1.807, 2.05) is 30.3 Å². The minimum absolute atomic E-state index is 0.0835. The van der Waals surface area contributed by atoms with Crippen molar-refractivity contribution in [2.24, 2.45) is 0 Å². The molecule has 32 heavy (non-hydrogen) atoms. The largest absolute Gasteiger partial charge is 0.379 e. The number of carbonyl (C=O) groups excluding carboxylic acids is 1. The lowest BCUT2D eigenvalue weighted by Crippen LogP contribution is -2.39. The number of morpholine rings is 1. The molecular formula is C21H23N7O4. The zero-order valence-corrected chi connectivity index (χ0v) is 17.3. The highest BCUT2D eigenvalue weighted by Crippen LogP contribution is 2.28. The van der Waals surface area contributed by atoms with Crippen molar-refractivity contribution in [1.29, 1.82) is 0 Å². The van der Waals surface area contributed by atoms with E-state index in [0.717, 1.165) is 23.9 Å². The molecule has 3 N–H and O–H groups in total. The van der Waals surface area contributed by atoms with E-state index in [-0.39, 0.29) is 17.3 Å². The van der Waals surface area contributed by atoms with Crippen molar-refractivity contribution >= 4 is 34.0 Å². The number of carbonyl (C=O) groups is 1. The lowest BCUT2D eigenvalue weighted by Gasteiger charge is -2.26. The van der Waals surface area contributed by atoms with Crippen LogP contribution in [0.25, 0.3) is 10.8 Å². The van der Waals surface area contributed by atoms with Gasteiger partial charge in [-0.1, -0.05) is 36.4 Å². The van der Waals surface area contributed by atoms with Crippen LogP contribution in [0, 0.1) is 10.1 Å². The van der Waals surface area contributed by atoms with Gasteiger partial charge in [0.1, 0.15) is 6.33 Å². The second kappa shape index (κ2) is 9.98. The van der Waals surface area contributed by atoms with E-state index in [1.54, 1.807) is 12.1 Å². The van der Waals surface area contributed by atoms with E-state index in [2.05, 4.69) is 31.0 Å². The molecule has 0 radical (unpaired) electrons. The number of benzene rings is 2. The standard InChI is InChI=1S/C21H23N7O4/c29-21(17-7-3-5-15-4-1-2-6-16(15)17)26-25-20-18(28(30)31)19(23-14-24-20)22-8-9-27-10-12-32-13-11-27/h1-7,14H,8-13H2,(H,26,29)(H2,22,23,24,25). The lowest BCUT2D eigenvalue weighted by molar-refractivity contribution is -0.383. The summed E-state index contributed by atoms with van der Waals surface area (Å²) in [6, 6.07) is 12.9. The summed E-state index contributed by atoms with van der Waals surface area (Å²) in [7, 11) is 0. The third kappa shape index (κ3) is 4.90. The molecular weight excluding hydrogens is 414 g/mol. The molecule has 3 aromatic rings. The van der Waals surface area contributed by atoms with Gasteiger partial charge in [-0.2, -0.15) is 0 Å². The molecule has 2 aromatic carbocycles. The Labute approximate surface area is 183 Å². The Hall–Kier alpha value is -3.83. The quantitative estimate of drug-likeness (QED) is 0.357. The van der Waals surface area contributed by atoms with Crippen LogP contribution < -0.4 is 16.2 Å². The van der Waals surface area contributed by atoms with Crippen LogP contribution in [-0.4, -0.2) is 65.1 Å². The number of nitrogens with zero attached hydrogens (tertiary/aromatic N) is 4. The highest BCUT2D eigenvalue weighted by molar-refractivity contribution is 6.07. The molecule has 11 nitrogen and oxygen atoms in total. The highest BCUT2D eigenvalue weighted by Gasteiger charge is 2.24. The summed E-state index contributed by atoms with van der Waals surface area (Å²) in [5.74, 6) is -0.454. The van der Waals surface area contributed by atoms with Gasteiger partial charge in [-0.05, 0) is 16.8 Å². The zero-order valence-electron chi connectivity index (χ0n) is 17.3. The number of aromatic nitrogens is 2. The van der Waals surface area contributed by atoms with E-state index in [0.29, 0.717) is 31.9 Å². The molecule has 4 rings (SSSR count). The van der Waals surface area contributed by atoms with Crippen LogP contribution in [0.4, 0.5) is 17.3 Å². The molecule has 2 heterocycles. The molecule has 0 aliphatic carbocycles. The first-order valence-corrected chi connectivity index (χ1v) is 10.2. The minimum atomic E-state index is -0.580. The highest BCUT2D eigenvalue weighted by atomic mass is 16.6. The first-order chi connectivity index (χ1) is 15.6. The average molecular weight is 437 g/mol. The van der Waals surface area contributed by atoms with Crippen LogP contribution >= 0.6 is 0 Å². The molecule has 0 atom stereocenters. The minimum Gasteiger partial charge on any atom is -0.379 e. The molecule has 0 saturated carbocycles. The Morgan fingerprint density at radius 2 is 1.84 bits per heavy atom. The van der Waals surface area contributed by atoms with E-state index in [4.69, 9.17) is 4.74 Å². The monoisotopic (exact) mass is 437 g/mol. The Morgan fingerprint density at radius 1 is 1.09 bits per heavy atom. The predicted molar refractivity (Wildman–Crippen MR) is 119 cm³/mol. The number of rotatable bonds is 8. The molecule has 1 aliphatic heterocycles. The van der Waals surface area contributed by atoms with E-state index < -0.39 is 10.8 Å². The number of hydrazine groups is 1. The average Bonchev–Trinajstić information content (AvgIpc) is 2.82. The maximum absolute atomic E-state index is 12.7. The number of anilines is 2. The maximum atomic E-state index is 12.7. The van der Waals surface area contributed by atoms with Gasteiger partial charge in [-0.3, -0.25) is 30.7 Å². The molecule has 0 bridgehead atoms. The number of amides is 1. The van der Waals surface area contributed by atoms with Crippen LogP contribution in [0.2, 0.25) is 0 Å². The molecule has 1 fully saturated rings. The summed E-state index contributed by atoms with van der Waals surface area (Å²) in [5, 5.41) is 16.4. The van der Waals surface area contributed by atoms with Crippen LogP contribution in [0.3, 0.4) is 0 Å². The Balaban J connectivity index is 1.45. The van der Waals surface area contributed by atoms with E-state index in [9.17, 15) is 14.9 Å². The van der Waals surface area contributed by atoms with Crippen LogP contribution in [-0.2, 0) is 4.74 Å². The smallest absolute Gasteiger partial charge is 0.354 e. The number of nitrogens with one attached hydrogen (secondary N) is 3. The van der Waals surface area contributed by atoms with Gasteiger partial charge in [0.15, 0.2) is 0 Å². The second-order valence-corrected chi connectivity index (χ2v) is 7.16. The van der Waals surface area contributed by atoms with Crippen molar-refractivity contribution in [2.75, 3.05) is 50.1 Å². The number of nitro groups is 1. The molecule has 1 aliphatic rings. The van der Waals surface area contributed by atoms with Crippen LogP contribution in [0.5, 0.6) is 0 Å². The van der Waals surface area contributed by atoms with Crippen LogP contribution in [0.1, 0.15) is 10.4 Å². The second-order valence-electron chi connectivity index (χ2n) is 7.16. The normalized spacial score (nSPS) is 14.1. The SMILES string of the molecule is O=C(NNc1ncnc(NCCN2CCOCC2)c1[N+](=O)[O-])c1cccc2ccccc12. The van der Waals surface area contributed by atoms with Crippen molar-refractivity contribution in [3.8, 4) is 0 Å². The van der Waals surface area contributed by atoms with Gasteiger partial charge in [0.2, 0.25) is 11.6 Å². The summed E-state index contributed by atoms with van der Waals surface area (Å²) < 4.78 is 5.32. The Morgan fingerprint density at radius 3 is 2.66 bits per heavy atom. The van der Waals surface area contributed by atoms with Gasteiger partial charge in [0.25, 0.3) is 5.91 Å². The summed E-state index contributed by atoms with van der Waals surface area (Å²) >= 11 is 0. The molecule has 166 valence electrons. The number of hydrogen-bond donors (Lipinski definition) is 3. The molecule has 0 unspecified atom stereocenters. The lowest BCUT2D eigenvalue weighted by atomic mass is 10.0. The fourth-order valence-electron chi connectivity index (χ4n) is 3.54. The third-order valence-electron chi connectivity index (χ3n) is 5.16. The van der Waals surface area contributed by atoms with Gasteiger partial charge < -0.3 is 10.1 Å². The Kier molecular flexibility index (Phi) is 6.68. The summed E-state index contributed by atoms with van der Waals surface area (Å²) in [4.78, 5) is 34.0. The topological polar surface area (TPSA) is 135 Å².